The topological polar surface area (TPSA) is 50.3 Å². The van der Waals surface area contributed by atoms with Crippen molar-refractivity contribution >= 4 is 29.1 Å². The van der Waals surface area contributed by atoms with E-state index < -0.39 is 0 Å². The molecule has 1 saturated heterocycles. The molecule has 1 aliphatic rings. The minimum absolute atomic E-state index is 0.509. The lowest BCUT2D eigenvalue weighted by Gasteiger charge is -2.26. The van der Waals surface area contributed by atoms with E-state index in [-0.39, 0.29) is 0 Å². The van der Waals surface area contributed by atoms with Gasteiger partial charge < -0.3 is 15.0 Å². The van der Waals surface area contributed by atoms with Crippen LogP contribution in [-0.4, -0.2) is 23.1 Å². The first-order valence-corrected chi connectivity index (χ1v) is 9.96. The SMILES string of the molecule is Clc1ccc(COc2ccc(Nc3ccnc(N4CCCCC4)n3)cc2)cc1. The van der Waals surface area contributed by atoms with Gasteiger partial charge in [-0.1, -0.05) is 23.7 Å². The van der Waals surface area contributed by atoms with E-state index in [0.717, 1.165) is 46.9 Å². The molecule has 0 radical (unpaired) electrons. The van der Waals surface area contributed by atoms with E-state index in [1.165, 1.54) is 19.3 Å². The van der Waals surface area contributed by atoms with E-state index in [4.69, 9.17) is 16.3 Å². The Hall–Kier alpha value is -2.79. The summed E-state index contributed by atoms with van der Waals surface area (Å²) in [6, 6.07) is 17.4. The second kappa shape index (κ2) is 8.93. The molecule has 4 rings (SSSR count). The van der Waals surface area contributed by atoms with E-state index in [0.29, 0.717) is 6.61 Å². The standard InChI is InChI=1S/C22H23ClN4O/c23-18-6-4-17(5-7-18)16-28-20-10-8-19(9-11-20)25-21-12-13-24-22(26-21)27-14-2-1-3-15-27/h4-13H,1-3,14-16H2,(H,24,25,26). The summed E-state index contributed by atoms with van der Waals surface area (Å²) in [7, 11) is 0. The Morgan fingerprint density at radius 3 is 2.43 bits per heavy atom. The van der Waals surface area contributed by atoms with Gasteiger partial charge in [0.1, 0.15) is 18.2 Å². The van der Waals surface area contributed by atoms with E-state index in [1.54, 1.807) is 0 Å². The third kappa shape index (κ3) is 4.93. The smallest absolute Gasteiger partial charge is 0.227 e. The van der Waals surface area contributed by atoms with Crippen LogP contribution in [0.2, 0.25) is 5.02 Å². The predicted octanol–water partition coefficient (Wildman–Crippen LogP) is 5.44. The number of anilines is 3. The number of rotatable bonds is 6. The highest BCUT2D eigenvalue weighted by molar-refractivity contribution is 6.30. The normalized spacial score (nSPS) is 14.0. The van der Waals surface area contributed by atoms with Crippen molar-refractivity contribution in [2.24, 2.45) is 0 Å². The number of ether oxygens (including phenoxy) is 1. The van der Waals surface area contributed by atoms with Crippen LogP contribution < -0.4 is 15.0 Å². The van der Waals surface area contributed by atoms with E-state index in [1.807, 2.05) is 60.8 Å². The van der Waals surface area contributed by atoms with Crippen LogP contribution in [0.15, 0.2) is 60.8 Å². The lowest BCUT2D eigenvalue weighted by Crippen LogP contribution is -2.31. The fraction of sp³-hybridized carbons (Fsp3) is 0.273. The molecule has 1 N–H and O–H groups in total. The highest BCUT2D eigenvalue weighted by Gasteiger charge is 2.13. The Balaban J connectivity index is 1.35. The molecule has 0 aliphatic carbocycles. The molecule has 0 spiro atoms. The van der Waals surface area contributed by atoms with Crippen LogP contribution in [0.4, 0.5) is 17.5 Å². The number of halogens is 1. The third-order valence-electron chi connectivity index (χ3n) is 4.73. The van der Waals surface area contributed by atoms with Crippen LogP contribution in [0, 0.1) is 0 Å². The lowest BCUT2D eigenvalue weighted by molar-refractivity contribution is 0.306. The zero-order valence-corrected chi connectivity index (χ0v) is 16.4. The van der Waals surface area contributed by atoms with Crippen LogP contribution in [0.3, 0.4) is 0 Å². The van der Waals surface area contributed by atoms with Gasteiger partial charge in [0, 0.05) is 30.0 Å². The fourth-order valence-electron chi connectivity index (χ4n) is 3.19. The van der Waals surface area contributed by atoms with Crippen LogP contribution >= 0.6 is 11.6 Å². The summed E-state index contributed by atoms with van der Waals surface area (Å²) in [4.78, 5) is 11.3. The summed E-state index contributed by atoms with van der Waals surface area (Å²) in [5.41, 5.74) is 2.04. The number of aromatic nitrogens is 2. The molecule has 2 heterocycles. The second-order valence-corrected chi connectivity index (χ2v) is 7.29. The maximum atomic E-state index is 5.91. The molecule has 28 heavy (non-hydrogen) atoms. The first-order valence-electron chi connectivity index (χ1n) is 9.59. The zero-order valence-electron chi connectivity index (χ0n) is 15.6. The third-order valence-corrected chi connectivity index (χ3v) is 4.98. The van der Waals surface area contributed by atoms with Crippen molar-refractivity contribution in [3.8, 4) is 5.75 Å². The Labute approximate surface area is 170 Å². The highest BCUT2D eigenvalue weighted by Crippen LogP contribution is 2.22. The molecule has 1 aliphatic heterocycles. The molecule has 0 amide bonds. The van der Waals surface area contributed by atoms with Gasteiger partial charge in [0.05, 0.1) is 0 Å². The number of hydrogen-bond acceptors (Lipinski definition) is 5. The summed E-state index contributed by atoms with van der Waals surface area (Å²) in [6.07, 6.45) is 5.51. The molecule has 1 fully saturated rings. The summed E-state index contributed by atoms with van der Waals surface area (Å²) in [5, 5.41) is 4.07. The van der Waals surface area contributed by atoms with Gasteiger partial charge in [-0.2, -0.15) is 4.98 Å². The first kappa shape index (κ1) is 18.6. The molecule has 3 aromatic rings. The summed E-state index contributed by atoms with van der Waals surface area (Å²) in [6.45, 7) is 2.57. The fourth-order valence-corrected chi connectivity index (χ4v) is 3.32. The zero-order chi connectivity index (χ0) is 19.2. The maximum absolute atomic E-state index is 5.91. The molecule has 1 aromatic heterocycles. The average Bonchev–Trinajstić information content (AvgIpc) is 2.75. The molecular weight excluding hydrogens is 372 g/mol. The quantitative estimate of drug-likeness (QED) is 0.603. The molecule has 5 nitrogen and oxygen atoms in total. The summed E-state index contributed by atoms with van der Waals surface area (Å²) in [5.74, 6) is 2.41. The highest BCUT2D eigenvalue weighted by atomic mass is 35.5. The number of hydrogen-bond donors (Lipinski definition) is 1. The molecule has 6 heteroatoms. The Morgan fingerprint density at radius 1 is 0.929 bits per heavy atom. The molecule has 144 valence electrons. The molecular formula is C22H23ClN4O. The minimum Gasteiger partial charge on any atom is -0.489 e. The Bertz CT molecular complexity index is 893. The van der Waals surface area contributed by atoms with E-state index in [2.05, 4.69) is 20.2 Å². The van der Waals surface area contributed by atoms with Crippen molar-refractivity contribution in [1.82, 2.24) is 9.97 Å². The lowest BCUT2D eigenvalue weighted by atomic mass is 10.1. The van der Waals surface area contributed by atoms with Crippen LogP contribution in [0.5, 0.6) is 5.75 Å². The van der Waals surface area contributed by atoms with Gasteiger partial charge in [0.25, 0.3) is 0 Å². The average molecular weight is 395 g/mol. The first-order chi connectivity index (χ1) is 13.8. The van der Waals surface area contributed by atoms with Crippen molar-refractivity contribution in [1.29, 1.82) is 0 Å². The number of piperidine rings is 1. The van der Waals surface area contributed by atoms with Crippen LogP contribution in [-0.2, 0) is 6.61 Å². The van der Waals surface area contributed by atoms with Crippen LogP contribution in [0.1, 0.15) is 24.8 Å². The van der Waals surface area contributed by atoms with Crippen molar-refractivity contribution in [3.63, 3.8) is 0 Å². The van der Waals surface area contributed by atoms with Crippen molar-refractivity contribution in [2.45, 2.75) is 25.9 Å². The van der Waals surface area contributed by atoms with Crippen molar-refractivity contribution < 1.29 is 4.74 Å². The van der Waals surface area contributed by atoms with Crippen LogP contribution in [0.25, 0.3) is 0 Å². The van der Waals surface area contributed by atoms with Gasteiger partial charge in [0.15, 0.2) is 0 Å². The van der Waals surface area contributed by atoms with E-state index in [9.17, 15) is 0 Å². The van der Waals surface area contributed by atoms with Crippen molar-refractivity contribution in [2.75, 3.05) is 23.3 Å². The summed E-state index contributed by atoms with van der Waals surface area (Å²) < 4.78 is 5.83. The predicted molar refractivity (Wildman–Crippen MR) is 114 cm³/mol. The van der Waals surface area contributed by atoms with E-state index >= 15 is 0 Å². The van der Waals surface area contributed by atoms with Gasteiger partial charge in [-0.05, 0) is 67.3 Å². The monoisotopic (exact) mass is 394 g/mol. The number of benzene rings is 2. The van der Waals surface area contributed by atoms with Gasteiger partial charge in [-0.15, -0.1) is 0 Å². The number of nitrogens with zero attached hydrogens (tertiary/aromatic N) is 3. The molecule has 0 unspecified atom stereocenters. The molecule has 0 atom stereocenters. The number of nitrogens with one attached hydrogen (secondary N) is 1. The van der Waals surface area contributed by atoms with Gasteiger partial charge in [-0.25, -0.2) is 4.98 Å². The minimum atomic E-state index is 0.509. The second-order valence-electron chi connectivity index (χ2n) is 6.85. The van der Waals surface area contributed by atoms with Crippen molar-refractivity contribution in [3.05, 3.63) is 71.4 Å². The van der Waals surface area contributed by atoms with Gasteiger partial charge >= 0.3 is 0 Å². The molecule has 0 saturated carbocycles. The Kier molecular flexibility index (Phi) is 5.92. The van der Waals surface area contributed by atoms with Gasteiger partial charge in [0.2, 0.25) is 5.95 Å². The maximum Gasteiger partial charge on any atom is 0.227 e. The molecule has 0 bridgehead atoms. The largest absolute Gasteiger partial charge is 0.489 e. The molecule has 2 aromatic carbocycles. The van der Waals surface area contributed by atoms with Gasteiger partial charge in [-0.3, -0.25) is 0 Å². The Morgan fingerprint density at radius 2 is 1.68 bits per heavy atom. The summed E-state index contributed by atoms with van der Waals surface area (Å²) >= 11 is 5.91.